The lowest BCUT2D eigenvalue weighted by Gasteiger charge is -2.10. The average Bonchev–Trinajstić information content (AvgIpc) is 3.25. The van der Waals surface area contributed by atoms with E-state index in [0.717, 1.165) is 12.0 Å². The van der Waals surface area contributed by atoms with Gasteiger partial charge >= 0.3 is 5.97 Å². The summed E-state index contributed by atoms with van der Waals surface area (Å²) in [6.07, 6.45) is 2.30. The van der Waals surface area contributed by atoms with Crippen LogP contribution in [0, 0.1) is 11.3 Å². The lowest BCUT2D eigenvalue weighted by atomic mass is 10.0. The maximum Gasteiger partial charge on any atom is 0.341 e. The van der Waals surface area contributed by atoms with E-state index in [1.165, 1.54) is 17.4 Å². The van der Waals surface area contributed by atoms with Gasteiger partial charge in [-0.25, -0.2) is 4.79 Å². The van der Waals surface area contributed by atoms with E-state index in [2.05, 4.69) is 5.32 Å². The predicted molar refractivity (Wildman–Crippen MR) is 135 cm³/mol. The fourth-order valence-corrected chi connectivity index (χ4v) is 4.19. The zero-order chi connectivity index (χ0) is 24.5. The van der Waals surface area contributed by atoms with Gasteiger partial charge in [-0.3, -0.25) is 4.79 Å². The summed E-state index contributed by atoms with van der Waals surface area (Å²) in [5.41, 5.74) is 2.08. The van der Waals surface area contributed by atoms with Gasteiger partial charge in [0.15, 0.2) is 0 Å². The molecule has 0 atom stereocenters. The van der Waals surface area contributed by atoms with Crippen LogP contribution in [0.25, 0.3) is 17.2 Å². The van der Waals surface area contributed by atoms with E-state index in [1.807, 2.05) is 19.1 Å². The molecule has 0 fully saturated rings. The summed E-state index contributed by atoms with van der Waals surface area (Å²) in [7, 11) is 0. The molecule has 0 radical (unpaired) electrons. The number of nitriles is 1. The summed E-state index contributed by atoms with van der Waals surface area (Å²) in [5.74, 6) is -0.620. The minimum atomic E-state index is -0.636. The molecule has 174 valence electrons. The number of thiophene rings is 1. The van der Waals surface area contributed by atoms with Crippen LogP contribution >= 0.6 is 22.9 Å². The van der Waals surface area contributed by atoms with E-state index in [1.54, 1.807) is 54.8 Å². The number of nitrogens with zero attached hydrogens (tertiary/aromatic N) is 1. The topological polar surface area (TPSA) is 88.4 Å². The first-order chi connectivity index (χ1) is 16.5. The van der Waals surface area contributed by atoms with Crippen molar-refractivity contribution in [3.05, 3.63) is 75.6 Å². The van der Waals surface area contributed by atoms with Crippen LogP contribution in [0.2, 0.25) is 5.02 Å². The molecular formula is C26H23ClN2O4S. The smallest absolute Gasteiger partial charge is 0.341 e. The van der Waals surface area contributed by atoms with Gasteiger partial charge in [-0.2, -0.15) is 5.26 Å². The third kappa shape index (κ3) is 6.04. The summed E-state index contributed by atoms with van der Waals surface area (Å²) < 4.78 is 10.9. The minimum Gasteiger partial charge on any atom is -0.493 e. The Hall–Kier alpha value is -3.60. The first-order valence-corrected chi connectivity index (χ1v) is 11.9. The van der Waals surface area contributed by atoms with Crippen molar-refractivity contribution in [2.75, 3.05) is 18.5 Å². The summed E-state index contributed by atoms with van der Waals surface area (Å²) in [6, 6.07) is 16.1. The number of benzene rings is 2. The lowest BCUT2D eigenvalue weighted by molar-refractivity contribution is -0.112. The van der Waals surface area contributed by atoms with Crippen LogP contribution in [0.15, 0.2) is 59.5 Å². The van der Waals surface area contributed by atoms with Crippen molar-refractivity contribution in [1.82, 2.24) is 0 Å². The van der Waals surface area contributed by atoms with Gasteiger partial charge < -0.3 is 14.8 Å². The molecule has 0 spiro atoms. The van der Waals surface area contributed by atoms with Crippen LogP contribution < -0.4 is 10.1 Å². The Kier molecular flexibility index (Phi) is 8.86. The number of carbonyl (C=O) groups excluding carboxylic acids is 2. The van der Waals surface area contributed by atoms with Gasteiger partial charge in [-0.15, -0.1) is 11.3 Å². The minimum absolute atomic E-state index is 0.121. The Morgan fingerprint density at radius 1 is 1.15 bits per heavy atom. The molecule has 1 N–H and O–H groups in total. The number of hydrogen-bond acceptors (Lipinski definition) is 6. The number of hydrogen-bond donors (Lipinski definition) is 1. The fraction of sp³-hybridized carbons (Fsp3) is 0.192. The van der Waals surface area contributed by atoms with Crippen LogP contribution in [0.1, 0.15) is 36.2 Å². The molecule has 1 heterocycles. The van der Waals surface area contributed by atoms with Crippen LogP contribution in [-0.4, -0.2) is 25.1 Å². The van der Waals surface area contributed by atoms with Crippen molar-refractivity contribution >= 4 is 45.9 Å². The monoisotopic (exact) mass is 494 g/mol. The first kappa shape index (κ1) is 25.0. The highest BCUT2D eigenvalue weighted by Gasteiger charge is 2.24. The number of carbonyl (C=O) groups is 2. The maximum absolute atomic E-state index is 13.0. The lowest BCUT2D eigenvalue weighted by Crippen LogP contribution is -2.16. The van der Waals surface area contributed by atoms with Crippen molar-refractivity contribution in [2.24, 2.45) is 0 Å². The van der Waals surface area contributed by atoms with Gasteiger partial charge in [0.2, 0.25) is 0 Å². The predicted octanol–water partition coefficient (Wildman–Crippen LogP) is 6.58. The third-order valence-electron chi connectivity index (χ3n) is 4.70. The molecule has 8 heteroatoms. The number of esters is 1. The van der Waals surface area contributed by atoms with Crippen molar-refractivity contribution in [3.63, 3.8) is 0 Å². The van der Waals surface area contributed by atoms with Gasteiger partial charge in [0.1, 0.15) is 28.0 Å². The highest BCUT2D eigenvalue weighted by molar-refractivity contribution is 7.15. The molecule has 34 heavy (non-hydrogen) atoms. The Balaban J connectivity index is 1.94. The quantitative estimate of drug-likeness (QED) is 0.206. The molecule has 0 saturated carbocycles. The molecule has 2 aromatic carbocycles. The van der Waals surface area contributed by atoms with Gasteiger partial charge in [-0.1, -0.05) is 48.9 Å². The Morgan fingerprint density at radius 3 is 2.56 bits per heavy atom. The zero-order valence-corrected chi connectivity index (χ0v) is 20.3. The third-order valence-corrected chi connectivity index (χ3v) is 5.85. The second-order valence-electron chi connectivity index (χ2n) is 7.09. The fourth-order valence-electron chi connectivity index (χ4n) is 3.12. The SMILES string of the molecule is CCCOc1ccccc1/C=C(\C#N)C(=O)Nc1scc(-c2ccc(Cl)cc2)c1C(=O)OCC. The van der Waals surface area contributed by atoms with E-state index >= 15 is 0 Å². The Morgan fingerprint density at radius 2 is 1.88 bits per heavy atom. The zero-order valence-electron chi connectivity index (χ0n) is 18.8. The summed E-state index contributed by atoms with van der Waals surface area (Å²) >= 11 is 7.17. The second kappa shape index (κ2) is 12.0. The highest BCUT2D eigenvalue weighted by atomic mass is 35.5. The number of halogens is 1. The number of para-hydroxylation sites is 1. The van der Waals surface area contributed by atoms with Crippen LogP contribution in [0.5, 0.6) is 5.75 Å². The second-order valence-corrected chi connectivity index (χ2v) is 8.41. The molecule has 0 bridgehead atoms. The largest absolute Gasteiger partial charge is 0.493 e. The van der Waals surface area contributed by atoms with E-state index in [9.17, 15) is 14.9 Å². The van der Waals surface area contributed by atoms with Crippen LogP contribution in [-0.2, 0) is 9.53 Å². The van der Waals surface area contributed by atoms with E-state index < -0.39 is 11.9 Å². The molecule has 1 aromatic heterocycles. The molecule has 0 aliphatic rings. The Bertz CT molecular complexity index is 1240. The van der Waals surface area contributed by atoms with Gasteiger partial charge in [0.25, 0.3) is 5.91 Å². The van der Waals surface area contributed by atoms with Crippen molar-refractivity contribution in [1.29, 1.82) is 5.26 Å². The van der Waals surface area contributed by atoms with Crippen molar-refractivity contribution in [2.45, 2.75) is 20.3 Å². The van der Waals surface area contributed by atoms with Gasteiger partial charge in [0, 0.05) is 21.5 Å². The highest BCUT2D eigenvalue weighted by Crippen LogP contribution is 2.37. The molecule has 0 aliphatic heterocycles. The standard InChI is InChI=1S/C26H23ClN2O4S/c1-3-13-33-22-8-6-5-7-18(22)14-19(15-28)24(30)29-25-23(26(31)32-4-2)21(16-34-25)17-9-11-20(27)12-10-17/h5-12,14,16H,3-4,13H2,1-2H3,(H,29,30)/b19-14+. The molecule has 0 aliphatic carbocycles. The number of rotatable bonds is 9. The molecule has 1 amide bonds. The maximum atomic E-state index is 13.0. The van der Waals surface area contributed by atoms with E-state index in [0.29, 0.717) is 33.5 Å². The van der Waals surface area contributed by atoms with Gasteiger partial charge in [-0.05, 0) is 43.2 Å². The molecule has 0 unspecified atom stereocenters. The number of anilines is 1. The number of ether oxygens (including phenoxy) is 2. The molecule has 3 rings (SSSR count). The van der Waals surface area contributed by atoms with E-state index in [4.69, 9.17) is 21.1 Å². The van der Waals surface area contributed by atoms with Gasteiger partial charge in [0.05, 0.1) is 13.2 Å². The average molecular weight is 495 g/mol. The van der Waals surface area contributed by atoms with Crippen LogP contribution in [0.3, 0.4) is 0 Å². The molecular weight excluding hydrogens is 472 g/mol. The van der Waals surface area contributed by atoms with Crippen molar-refractivity contribution < 1.29 is 19.1 Å². The Labute approximate surface area is 207 Å². The summed E-state index contributed by atoms with van der Waals surface area (Å²) in [5, 5.41) is 15.0. The van der Waals surface area contributed by atoms with Crippen LogP contribution in [0.4, 0.5) is 5.00 Å². The molecule has 6 nitrogen and oxygen atoms in total. The van der Waals surface area contributed by atoms with Crippen molar-refractivity contribution in [3.8, 4) is 22.9 Å². The molecule has 3 aromatic rings. The van der Waals surface area contributed by atoms with E-state index in [-0.39, 0.29) is 17.7 Å². The molecule has 0 saturated heterocycles. The first-order valence-electron chi connectivity index (χ1n) is 10.7. The normalized spacial score (nSPS) is 10.9. The number of amides is 1. The number of nitrogens with one attached hydrogen (secondary N) is 1. The summed E-state index contributed by atoms with van der Waals surface area (Å²) in [6.45, 7) is 4.40. The summed E-state index contributed by atoms with van der Waals surface area (Å²) in [4.78, 5) is 25.7.